The summed E-state index contributed by atoms with van der Waals surface area (Å²) in [4.78, 5) is 13.4. The van der Waals surface area contributed by atoms with Gasteiger partial charge in [-0.15, -0.1) is 0 Å². The van der Waals surface area contributed by atoms with E-state index in [1.165, 1.54) is 0 Å². The summed E-state index contributed by atoms with van der Waals surface area (Å²) in [5, 5.41) is 8.26. The van der Waals surface area contributed by atoms with Gasteiger partial charge in [0.2, 0.25) is 0 Å². The zero-order valence-electron chi connectivity index (χ0n) is 4.77. The van der Waals surface area contributed by atoms with Gasteiger partial charge in [0, 0.05) is 0 Å². The fourth-order valence-corrected chi connectivity index (χ4v) is 0.440. The summed E-state index contributed by atoms with van der Waals surface area (Å²) in [7, 11) is 0.340. The van der Waals surface area contributed by atoms with E-state index < -0.39 is 5.97 Å². The quantitative estimate of drug-likeness (QED) is 0.534. The number of hydrogen-bond donors (Lipinski definition) is 1. The van der Waals surface area contributed by atoms with Crippen LogP contribution in [0.3, 0.4) is 0 Å². The summed E-state index contributed by atoms with van der Waals surface area (Å²) in [5.74, 6) is -1.44. The molecule has 5 nitrogen and oxygen atoms in total. The molecule has 0 saturated carbocycles. The summed E-state index contributed by atoms with van der Waals surface area (Å²) in [6, 6.07) is 0. The van der Waals surface area contributed by atoms with Crippen molar-refractivity contribution in [3.05, 3.63) is 12.0 Å². The van der Waals surface area contributed by atoms with E-state index in [1.54, 1.807) is 0 Å². The third kappa shape index (κ3) is 1.10. The molecular formula is C4H2BNO4. The van der Waals surface area contributed by atoms with Gasteiger partial charge >= 0.3 is 54.9 Å². The van der Waals surface area contributed by atoms with Crippen molar-refractivity contribution in [1.29, 1.82) is 0 Å². The topological polar surface area (TPSA) is 80.4 Å². The Morgan fingerprint density at radius 2 is 2.50 bits per heavy atom. The Hall–Kier alpha value is -1.46. The van der Waals surface area contributed by atoms with Crippen molar-refractivity contribution < 1.29 is 19.0 Å². The molecule has 50 valence electrons. The summed E-state index contributed by atoms with van der Waals surface area (Å²) >= 11 is 0. The maximum atomic E-state index is 10.1. The first-order valence-corrected chi connectivity index (χ1v) is 2.38. The number of carboxylic acids is 1. The second kappa shape index (κ2) is 2.42. The van der Waals surface area contributed by atoms with Crippen molar-refractivity contribution in [3.63, 3.8) is 0 Å². The van der Waals surface area contributed by atoms with Crippen LogP contribution in [0.5, 0.6) is 0 Å². The van der Waals surface area contributed by atoms with Crippen LogP contribution in [0.25, 0.3) is 0 Å². The van der Waals surface area contributed by atoms with Gasteiger partial charge in [0.1, 0.15) is 0 Å². The Balaban J connectivity index is 2.98. The van der Waals surface area contributed by atoms with Gasteiger partial charge in [-0.3, -0.25) is 0 Å². The van der Waals surface area contributed by atoms with E-state index in [4.69, 9.17) is 5.11 Å². The molecule has 0 fully saturated rings. The molecule has 0 aliphatic heterocycles. The number of aromatic carboxylic acids is 1. The first-order valence-electron chi connectivity index (χ1n) is 2.38. The molecule has 0 spiro atoms. The number of carboxylic acid groups (broad SMARTS) is 1. The molecule has 1 N–H and O–H groups in total. The van der Waals surface area contributed by atoms with E-state index >= 15 is 0 Å². The molecule has 0 aromatic carbocycles. The molecule has 1 aromatic heterocycles. The molecule has 0 aliphatic carbocycles. The van der Waals surface area contributed by atoms with Crippen LogP contribution >= 0.6 is 0 Å². The minimum absolute atomic E-state index is 0.225. The van der Waals surface area contributed by atoms with E-state index in [0.717, 1.165) is 6.26 Å². The van der Waals surface area contributed by atoms with Crippen LogP contribution < -0.4 is 5.79 Å². The molecule has 1 rings (SSSR count). The SMILES string of the molecule is O=Bc1nc(C(=O)O)co1. The molecule has 0 saturated heterocycles. The van der Waals surface area contributed by atoms with Crippen LogP contribution in [0, 0.1) is 0 Å². The minimum atomic E-state index is -1.21. The number of hydrogen-bond acceptors (Lipinski definition) is 4. The van der Waals surface area contributed by atoms with Gasteiger partial charge in [-0.25, -0.2) is 0 Å². The van der Waals surface area contributed by atoms with E-state index in [-0.39, 0.29) is 11.5 Å². The third-order valence-corrected chi connectivity index (χ3v) is 0.842. The van der Waals surface area contributed by atoms with Crippen LogP contribution in [-0.2, 0) is 4.70 Å². The Kier molecular flexibility index (Phi) is 1.62. The van der Waals surface area contributed by atoms with E-state index in [2.05, 4.69) is 9.40 Å². The molecule has 10 heavy (non-hydrogen) atoms. The van der Waals surface area contributed by atoms with Crippen LogP contribution in [0.15, 0.2) is 10.7 Å². The van der Waals surface area contributed by atoms with Crippen molar-refractivity contribution >= 4 is 18.9 Å². The summed E-state index contributed by atoms with van der Waals surface area (Å²) in [5.41, 5.74) is -0.262. The fourth-order valence-electron chi connectivity index (χ4n) is 0.440. The van der Waals surface area contributed by atoms with E-state index in [1.807, 2.05) is 0 Å². The van der Waals surface area contributed by atoms with Crippen molar-refractivity contribution in [2.45, 2.75) is 0 Å². The third-order valence-electron chi connectivity index (χ3n) is 0.842. The first-order chi connectivity index (χ1) is 4.74. The molecule has 0 unspecified atom stereocenters. The zero-order chi connectivity index (χ0) is 7.56. The molecule has 0 amide bonds. The van der Waals surface area contributed by atoms with Gasteiger partial charge in [0.05, 0.1) is 0 Å². The van der Waals surface area contributed by atoms with Gasteiger partial charge in [0.25, 0.3) is 0 Å². The predicted octanol–water partition coefficient (Wildman–Crippen LogP) is -0.952. The molecule has 0 bridgehead atoms. The van der Waals surface area contributed by atoms with E-state index in [0.29, 0.717) is 7.15 Å². The average Bonchev–Trinajstić information content (AvgIpc) is 2.34. The Labute approximate surface area is 55.9 Å². The van der Waals surface area contributed by atoms with Crippen LogP contribution in [0.1, 0.15) is 10.5 Å². The van der Waals surface area contributed by atoms with Crippen LogP contribution in [-0.4, -0.2) is 23.2 Å². The Bertz CT molecular complexity index is 268. The molecule has 1 heterocycles. The van der Waals surface area contributed by atoms with Gasteiger partial charge in [-0.2, -0.15) is 0 Å². The number of aromatic nitrogens is 1. The van der Waals surface area contributed by atoms with Gasteiger partial charge in [0.15, 0.2) is 0 Å². The molecular weight excluding hydrogens is 137 g/mol. The Morgan fingerprint density at radius 1 is 1.80 bits per heavy atom. The van der Waals surface area contributed by atoms with Crippen molar-refractivity contribution in [2.24, 2.45) is 0 Å². The normalized spacial score (nSPS) is 8.80. The molecule has 6 heteroatoms. The molecule has 0 atom stereocenters. The average molecular weight is 139 g/mol. The predicted molar refractivity (Wildman–Crippen MR) is 29.5 cm³/mol. The van der Waals surface area contributed by atoms with Crippen molar-refractivity contribution in [1.82, 2.24) is 4.98 Å². The monoisotopic (exact) mass is 139 g/mol. The van der Waals surface area contributed by atoms with Crippen molar-refractivity contribution in [2.75, 3.05) is 0 Å². The summed E-state index contributed by atoms with van der Waals surface area (Å²) in [6.45, 7) is 0. The maximum absolute atomic E-state index is 10.1. The zero-order valence-corrected chi connectivity index (χ0v) is 4.77. The van der Waals surface area contributed by atoms with E-state index in [9.17, 15) is 9.50 Å². The molecule has 0 aliphatic rings. The first kappa shape index (κ1) is 6.66. The number of carbonyl (C=O) groups is 1. The summed E-state index contributed by atoms with van der Waals surface area (Å²) in [6.07, 6.45) is 0.909. The number of rotatable bonds is 2. The second-order valence-corrected chi connectivity index (χ2v) is 1.49. The van der Waals surface area contributed by atoms with Gasteiger partial charge < -0.3 is 0 Å². The molecule has 1 aromatic rings. The summed E-state index contributed by atoms with van der Waals surface area (Å²) < 4.78 is 14.3. The molecule has 0 radical (unpaired) electrons. The van der Waals surface area contributed by atoms with Crippen molar-refractivity contribution in [3.8, 4) is 0 Å². The second-order valence-electron chi connectivity index (χ2n) is 1.49. The van der Waals surface area contributed by atoms with Gasteiger partial charge in [-0.05, 0) is 0 Å². The van der Waals surface area contributed by atoms with Crippen LogP contribution in [0.4, 0.5) is 0 Å². The Morgan fingerprint density at radius 3 is 2.80 bits per heavy atom. The van der Waals surface area contributed by atoms with Crippen LogP contribution in [0.2, 0.25) is 0 Å². The number of nitrogens with zero attached hydrogens (tertiary/aromatic N) is 1. The standard InChI is InChI=1S/C4H2BNO4/c7-3(8)2-1-10-4(5-9)6-2/h1H,(H,7,8). The number of oxazole rings is 1. The van der Waals surface area contributed by atoms with Gasteiger partial charge in [-0.1, -0.05) is 0 Å². The fraction of sp³-hybridized carbons (Fsp3) is 0.